The topological polar surface area (TPSA) is 68.3 Å². The second-order valence-electron chi connectivity index (χ2n) is 3.10. The van der Waals surface area contributed by atoms with Crippen molar-refractivity contribution >= 4 is 17.7 Å². The first-order chi connectivity index (χ1) is 7.24. The van der Waals surface area contributed by atoms with E-state index in [1.165, 1.54) is 0 Å². The second kappa shape index (κ2) is 6.53. The maximum Gasteiger partial charge on any atom is 0.233 e. The van der Waals surface area contributed by atoms with Crippen molar-refractivity contribution in [1.29, 1.82) is 0 Å². The van der Waals surface area contributed by atoms with Crippen LogP contribution < -0.4 is 11.1 Å². The SMILES string of the molecule is CC(SCCN)C(=O)NCc1ccco1. The molecule has 1 rings (SSSR count). The van der Waals surface area contributed by atoms with Gasteiger partial charge in [-0.3, -0.25) is 4.79 Å². The molecule has 0 spiro atoms. The molecule has 1 atom stereocenters. The van der Waals surface area contributed by atoms with Crippen molar-refractivity contribution in [2.75, 3.05) is 12.3 Å². The Labute approximate surface area is 93.6 Å². The fraction of sp³-hybridized carbons (Fsp3) is 0.500. The fourth-order valence-electron chi connectivity index (χ4n) is 1.05. The number of thioether (sulfide) groups is 1. The summed E-state index contributed by atoms with van der Waals surface area (Å²) in [5, 5.41) is 2.73. The first kappa shape index (κ1) is 12.1. The van der Waals surface area contributed by atoms with Crippen molar-refractivity contribution in [3.63, 3.8) is 0 Å². The molecule has 1 heterocycles. The van der Waals surface area contributed by atoms with Crippen LogP contribution in [0.1, 0.15) is 12.7 Å². The number of hydrogen-bond donors (Lipinski definition) is 2. The Kier molecular flexibility index (Phi) is 5.28. The van der Waals surface area contributed by atoms with Crippen molar-refractivity contribution in [2.45, 2.75) is 18.7 Å². The Morgan fingerprint density at radius 2 is 2.53 bits per heavy atom. The summed E-state index contributed by atoms with van der Waals surface area (Å²) in [6.07, 6.45) is 1.59. The second-order valence-corrected chi connectivity index (χ2v) is 4.55. The summed E-state index contributed by atoms with van der Waals surface area (Å²) in [4.78, 5) is 11.5. The summed E-state index contributed by atoms with van der Waals surface area (Å²) >= 11 is 1.55. The molecule has 84 valence electrons. The maximum atomic E-state index is 11.5. The molecule has 0 aromatic carbocycles. The van der Waals surface area contributed by atoms with Gasteiger partial charge in [0, 0.05) is 12.3 Å². The third-order valence-corrected chi connectivity index (χ3v) is 3.06. The molecule has 0 fully saturated rings. The molecule has 0 saturated carbocycles. The van der Waals surface area contributed by atoms with E-state index in [9.17, 15) is 4.79 Å². The molecule has 1 unspecified atom stereocenters. The molecule has 0 aliphatic carbocycles. The van der Waals surface area contributed by atoms with Crippen molar-refractivity contribution in [3.05, 3.63) is 24.2 Å². The predicted molar refractivity (Wildman–Crippen MR) is 61.5 cm³/mol. The van der Waals surface area contributed by atoms with Crippen molar-refractivity contribution < 1.29 is 9.21 Å². The van der Waals surface area contributed by atoms with E-state index in [0.29, 0.717) is 13.1 Å². The summed E-state index contributed by atoms with van der Waals surface area (Å²) in [5.74, 6) is 1.58. The van der Waals surface area contributed by atoms with Crippen molar-refractivity contribution in [2.24, 2.45) is 5.73 Å². The van der Waals surface area contributed by atoms with Gasteiger partial charge < -0.3 is 15.5 Å². The Bertz CT molecular complexity index is 288. The van der Waals surface area contributed by atoms with Gasteiger partial charge in [-0.1, -0.05) is 0 Å². The van der Waals surface area contributed by atoms with Gasteiger partial charge >= 0.3 is 0 Å². The van der Waals surface area contributed by atoms with E-state index in [2.05, 4.69) is 5.32 Å². The van der Waals surface area contributed by atoms with Crippen LogP contribution in [0, 0.1) is 0 Å². The molecule has 15 heavy (non-hydrogen) atoms. The highest BCUT2D eigenvalue weighted by atomic mass is 32.2. The first-order valence-electron chi connectivity index (χ1n) is 4.86. The largest absolute Gasteiger partial charge is 0.467 e. The highest BCUT2D eigenvalue weighted by Crippen LogP contribution is 2.09. The zero-order valence-corrected chi connectivity index (χ0v) is 9.55. The van der Waals surface area contributed by atoms with Crippen molar-refractivity contribution in [3.8, 4) is 0 Å². The molecule has 0 radical (unpaired) electrons. The first-order valence-corrected chi connectivity index (χ1v) is 5.90. The van der Waals surface area contributed by atoms with Crippen LogP contribution in [-0.2, 0) is 11.3 Å². The number of amides is 1. The van der Waals surface area contributed by atoms with Crippen LogP contribution in [0.2, 0.25) is 0 Å². The van der Waals surface area contributed by atoms with Crippen LogP contribution in [0.25, 0.3) is 0 Å². The Hall–Kier alpha value is -0.940. The molecule has 0 bridgehead atoms. The number of hydrogen-bond acceptors (Lipinski definition) is 4. The van der Waals surface area contributed by atoms with Gasteiger partial charge in [0.1, 0.15) is 5.76 Å². The fourth-order valence-corrected chi connectivity index (χ4v) is 1.78. The standard InChI is InChI=1S/C10H16N2O2S/c1-8(15-6-4-11)10(13)12-7-9-3-2-5-14-9/h2-3,5,8H,4,6-7,11H2,1H3,(H,12,13). The Morgan fingerprint density at radius 1 is 1.73 bits per heavy atom. The van der Waals surface area contributed by atoms with E-state index in [0.717, 1.165) is 11.5 Å². The summed E-state index contributed by atoms with van der Waals surface area (Å²) in [6, 6.07) is 3.63. The smallest absolute Gasteiger partial charge is 0.233 e. The highest BCUT2D eigenvalue weighted by Gasteiger charge is 2.12. The lowest BCUT2D eigenvalue weighted by molar-refractivity contribution is -0.120. The summed E-state index contributed by atoms with van der Waals surface area (Å²) < 4.78 is 5.10. The van der Waals surface area contributed by atoms with E-state index < -0.39 is 0 Å². The van der Waals surface area contributed by atoms with Crippen LogP contribution in [0.15, 0.2) is 22.8 Å². The van der Waals surface area contributed by atoms with E-state index in [4.69, 9.17) is 10.2 Å². The minimum atomic E-state index is -0.0662. The number of furan rings is 1. The summed E-state index contributed by atoms with van der Waals surface area (Å²) in [7, 11) is 0. The molecule has 0 aliphatic rings. The van der Waals surface area contributed by atoms with Gasteiger partial charge in [-0.25, -0.2) is 0 Å². The number of nitrogens with two attached hydrogens (primary N) is 1. The Balaban J connectivity index is 2.23. The summed E-state index contributed by atoms with van der Waals surface area (Å²) in [6.45, 7) is 2.91. The molecule has 1 aromatic rings. The van der Waals surface area contributed by atoms with Crippen LogP contribution >= 0.6 is 11.8 Å². The average Bonchev–Trinajstić information content (AvgIpc) is 2.75. The molecular formula is C10H16N2O2S. The van der Waals surface area contributed by atoms with Gasteiger partial charge in [0.05, 0.1) is 18.1 Å². The lowest BCUT2D eigenvalue weighted by atomic mass is 10.4. The third-order valence-electron chi connectivity index (χ3n) is 1.87. The normalized spacial score (nSPS) is 12.4. The maximum absolute atomic E-state index is 11.5. The van der Waals surface area contributed by atoms with Gasteiger partial charge in [-0.15, -0.1) is 11.8 Å². The van der Waals surface area contributed by atoms with E-state index >= 15 is 0 Å². The number of carbonyl (C=O) groups excluding carboxylic acids is 1. The monoisotopic (exact) mass is 228 g/mol. The molecule has 3 N–H and O–H groups in total. The highest BCUT2D eigenvalue weighted by molar-refractivity contribution is 8.00. The number of nitrogens with one attached hydrogen (secondary N) is 1. The average molecular weight is 228 g/mol. The third kappa shape index (κ3) is 4.40. The number of carbonyl (C=O) groups is 1. The molecule has 0 aliphatic heterocycles. The predicted octanol–water partition coefficient (Wildman–Crippen LogP) is 0.976. The zero-order valence-electron chi connectivity index (χ0n) is 8.73. The lowest BCUT2D eigenvalue weighted by Gasteiger charge is -2.10. The molecule has 1 amide bonds. The quantitative estimate of drug-likeness (QED) is 0.761. The van der Waals surface area contributed by atoms with E-state index in [1.807, 2.05) is 13.0 Å². The van der Waals surface area contributed by atoms with Crippen LogP contribution in [0.5, 0.6) is 0 Å². The zero-order chi connectivity index (χ0) is 11.1. The molecule has 0 saturated heterocycles. The minimum Gasteiger partial charge on any atom is -0.467 e. The molecule has 5 heteroatoms. The molecule has 1 aromatic heterocycles. The molecular weight excluding hydrogens is 212 g/mol. The lowest BCUT2D eigenvalue weighted by Crippen LogP contribution is -2.30. The van der Waals surface area contributed by atoms with E-state index in [1.54, 1.807) is 24.1 Å². The van der Waals surface area contributed by atoms with Crippen LogP contribution in [0.3, 0.4) is 0 Å². The van der Waals surface area contributed by atoms with Crippen LogP contribution in [0.4, 0.5) is 0 Å². The number of rotatable bonds is 6. The Morgan fingerprint density at radius 3 is 3.13 bits per heavy atom. The van der Waals surface area contributed by atoms with Gasteiger partial charge in [0.25, 0.3) is 0 Å². The van der Waals surface area contributed by atoms with Crippen molar-refractivity contribution in [1.82, 2.24) is 5.32 Å². The van der Waals surface area contributed by atoms with Gasteiger partial charge in [0.2, 0.25) is 5.91 Å². The van der Waals surface area contributed by atoms with Gasteiger partial charge in [-0.05, 0) is 19.1 Å². The minimum absolute atomic E-state index is 0.0184. The summed E-state index contributed by atoms with van der Waals surface area (Å²) in [5.41, 5.74) is 5.36. The van der Waals surface area contributed by atoms with E-state index in [-0.39, 0.29) is 11.2 Å². The molecule has 4 nitrogen and oxygen atoms in total. The van der Waals surface area contributed by atoms with Gasteiger partial charge in [0.15, 0.2) is 0 Å². The van der Waals surface area contributed by atoms with Crippen LogP contribution in [-0.4, -0.2) is 23.5 Å². The van der Waals surface area contributed by atoms with Gasteiger partial charge in [-0.2, -0.15) is 0 Å².